The van der Waals surface area contributed by atoms with Gasteiger partial charge in [-0.1, -0.05) is 36.4 Å². The van der Waals surface area contributed by atoms with Crippen molar-refractivity contribution < 1.29 is 24.6 Å². The zero-order chi connectivity index (χ0) is 24.2. The zero-order valence-corrected chi connectivity index (χ0v) is 19.8. The largest absolute Gasteiger partial charge is 0.481 e. The van der Waals surface area contributed by atoms with Crippen LogP contribution in [0.15, 0.2) is 55.1 Å². The van der Waals surface area contributed by atoms with Crippen molar-refractivity contribution in [2.75, 3.05) is 18.1 Å². The number of rotatable bonds is 7. The van der Waals surface area contributed by atoms with Crippen molar-refractivity contribution in [1.82, 2.24) is 4.90 Å². The molecule has 7 nitrogen and oxygen atoms in total. The predicted molar refractivity (Wildman–Crippen MR) is 132 cm³/mol. The number of carbonyl (C=O) groups excluding carboxylic acids is 2. The molecule has 2 bridgehead atoms. The Morgan fingerprint density at radius 3 is 2.71 bits per heavy atom. The Morgan fingerprint density at radius 1 is 1.29 bits per heavy atom. The van der Waals surface area contributed by atoms with Crippen molar-refractivity contribution >= 4 is 46.0 Å². The summed E-state index contributed by atoms with van der Waals surface area (Å²) < 4.78 is -0.804. The van der Waals surface area contributed by atoms with Gasteiger partial charge in [0.25, 0.3) is 5.91 Å². The summed E-state index contributed by atoms with van der Waals surface area (Å²) >= 11 is 1.49. The molecular formula is C26H28N2O5S. The number of benzene rings is 2. The summed E-state index contributed by atoms with van der Waals surface area (Å²) in [6, 6.07) is 12.2. The van der Waals surface area contributed by atoms with Gasteiger partial charge in [0.05, 0.1) is 29.2 Å². The molecule has 178 valence electrons. The molecule has 2 N–H and O–H groups in total. The number of aliphatic hydroxyl groups is 1. The minimum absolute atomic E-state index is 0.179. The third-order valence-corrected chi connectivity index (χ3v) is 9.57. The number of fused-ring (bicyclic) bond motifs is 2. The highest BCUT2D eigenvalue weighted by atomic mass is 32.2. The average Bonchev–Trinajstić information content (AvgIpc) is 3.48. The number of carboxylic acids is 1. The van der Waals surface area contributed by atoms with E-state index in [9.17, 15) is 24.6 Å². The number of nitrogens with zero attached hydrogens (tertiary/aromatic N) is 2. The quantitative estimate of drug-likeness (QED) is 0.592. The summed E-state index contributed by atoms with van der Waals surface area (Å²) in [4.78, 5) is 43.2. The Hall–Kier alpha value is -2.84. The summed E-state index contributed by atoms with van der Waals surface area (Å²) in [6.45, 7) is 5.48. The van der Waals surface area contributed by atoms with E-state index in [4.69, 9.17) is 0 Å². The van der Waals surface area contributed by atoms with Gasteiger partial charge >= 0.3 is 5.97 Å². The first-order chi connectivity index (χ1) is 16.3. The van der Waals surface area contributed by atoms with Gasteiger partial charge < -0.3 is 20.0 Å². The van der Waals surface area contributed by atoms with Gasteiger partial charge in [0.1, 0.15) is 6.04 Å². The molecule has 3 fully saturated rings. The summed E-state index contributed by atoms with van der Waals surface area (Å²) in [5.74, 6) is -3.16. The lowest BCUT2D eigenvalue weighted by Gasteiger charge is -2.38. The van der Waals surface area contributed by atoms with Crippen molar-refractivity contribution in [2.45, 2.75) is 41.8 Å². The zero-order valence-electron chi connectivity index (χ0n) is 19.0. The molecule has 2 aromatic carbocycles. The maximum Gasteiger partial charge on any atom is 0.308 e. The van der Waals surface area contributed by atoms with Gasteiger partial charge in [-0.05, 0) is 42.7 Å². The fourth-order valence-electron chi connectivity index (χ4n) is 6.16. The van der Waals surface area contributed by atoms with E-state index in [0.29, 0.717) is 18.5 Å². The lowest BCUT2D eigenvalue weighted by atomic mass is 9.71. The second-order valence-electron chi connectivity index (χ2n) is 9.44. The van der Waals surface area contributed by atoms with Gasteiger partial charge in [0.15, 0.2) is 0 Å². The van der Waals surface area contributed by atoms with Crippen LogP contribution in [-0.2, 0) is 14.4 Å². The molecule has 0 aromatic heterocycles. The fraction of sp³-hybridized carbons (Fsp3) is 0.423. The lowest BCUT2D eigenvalue weighted by Crippen LogP contribution is -2.57. The molecule has 5 rings (SSSR count). The number of carbonyl (C=O) groups is 3. The number of hydrogen-bond acceptors (Lipinski definition) is 5. The molecule has 1 spiro atoms. The molecule has 8 heteroatoms. The van der Waals surface area contributed by atoms with E-state index in [1.807, 2.05) is 42.5 Å². The minimum Gasteiger partial charge on any atom is -0.481 e. The smallest absolute Gasteiger partial charge is 0.308 e. The van der Waals surface area contributed by atoms with Crippen LogP contribution < -0.4 is 4.90 Å². The number of anilines is 1. The van der Waals surface area contributed by atoms with Gasteiger partial charge in [0, 0.05) is 17.5 Å². The van der Waals surface area contributed by atoms with Crippen LogP contribution >= 0.6 is 11.8 Å². The van der Waals surface area contributed by atoms with E-state index in [0.717, 1.165) is 10.8 Å². The maximum absolute atomic E-state index is 14.3. The maximum atomic E-state index is 14.3. The van der Waals surface area contributed by atoms with Crippen LogP contribution in [0.4, 0.5) is 5.69 Å². The van der Waals surface area contributed by atoms with Crippen molar-refractivity contribution in [3.63, 3.8) is 0 Å². The number of amides is 2. The Kier molecular flexibility index (Phi) is 5.68. The van der Waals surface area contributed by atoms with Crippen LogP contribution in [-0.4, -0.2) is 68.1 Å². The summed E-state index contributed by atoms with van der Waals surface area (Å²) in [6.07, 6.45) is 2.92. The topological polar surface area (TPSA) is 98.2 Å². The van der Waals surface area contributed by atoms with Gasteiger partial charge in [-0.15, -0.1) is 18.3 Å². The summed E-state index contributed by atoms with van der Waals surface area (Å²) in [5.41, 5.74) is 0.694. The molecule has 2 unspecified atom stereocenters. The van der Waals surface area contributed by atoms with E-state index in [-0.39, 0.29) is 30.2 Å². The average molecular weight is 481 g/mol. The number of thioether (sulfide) groups is 1. The SMILES string of the molecule is C=CCN(C(=O)C1N([C@H](C)CO)C(=O)[C@@H]2[C@H](C(=O)O)[C@@H]3CCC12S3)c1ccc2ccccc2c1. The Morgan fingerprint density at radius 2 is 2.03 bits per heavy atom. The molecule has 0 aliphatic carbocycles. The van der Waals surface area contributed by atoms with E-state index < -0.39 is 34.6 Å². The van der Waals surface area contributed by atoms with Crippen LogP contribution in [0.25, 0.3) is 10.8 Å². The van der Waals surface area contributed by atoms with Crippen LogP contribution in [0.1, 0.15) is 19.8 Å². The molecule has 3 heterocycles. The second-order valence-corrected chi connectivity index (χ2v) is 11.0. The third-order valence-electron chi connectivity index (χ3n) is 7.62. The van der Waals surface area contributed by atoms with Gasteiger partial charge in [-0.2, -0.15) is 0 Å². The first-order valence-corrected chi connectivity index (χ1v) is 12.5. The highest BCUT2D eigenvalue weighted by Crippen LogP contribution is 2.66. The monoisotopic (exact) mass is 480 g/mol. The molecule has 34 heavy (non-hydrogen) atoms. The first-order valence-electron chi connectivity index (χ1n) is 11.6. The Bertz CT molecular complexity index is 1180. The highest BCUT2D eigenvalue weighted by Gasteiger charge is 2.74. The fourth-order valence-corrected chi connectivity index (χ4v) is 8.35. The number of aliphatic carboxylic acids is 1. The molecule has 3 aliphatic rings. The Balaban J connectivity index is 1.61. The number of aliphatic hydroxyl groups excluding tert-OH is 1. The Labute approximate surface area is 202 Å². The first kappa shape index (κ1) is 22.9. The lowest BCUT2D eigenvalue weighted by molar-refractivity contribution is -0.149. The number of carboxylic acid groups (broad SMARTS) is 1. The number of hydrogen-bond donors (Lipinski definition) is 2. The van der Waals surface area contributed by atoms with E-state index in [2.05, 4.69) is 6.58 Å². The molecule has 6 atom stereocenters. The normalized spacial score (nSPS) is 30.4. The van der Waals surface area contributed by atoms with Crippen molar-refractivity contribution in [1.29, 1.82) is 0 Å². The molecular weight excluding hydrogens is 452 g/mol. The number of likely N-dealkylation sites (tertiary alicyclic amines) is 1. The van der Waals surface area contributed by atoms with Crippen molar-refractivity contribution in [3.8, 4) is 0 Å². The molecule has 0 saturated carbocycles. The summed E-state index contributed by atoms with van der Waals surface area (Å²) in [5, 5.41) is 21.7. The van der Waals surface area contributed by atoms with Crippen LogP contribution in [0.5, 0.6) is 0 Å². The summed E-state index contributed by atoms with van der Waals surface area (Å²) in [7, 11) is 0. The van der Waals surface area contributed by atoms with Crippen molar-refractivity contribution in [3.05, 3.63) is 55.1 Å². The van der Waals surface area contributed by atoms with E-state index >= 15 is 0 Å². The molecule has 2 amide bonds. The highest BCUT2D eigenvalue weighted by molar-refractivity contribution is 8.02. The van der Waals surface area contributed by atoms with Crippen molar-refractivity contribution in [2.24, 2.45) is 11.8 Å². The van der Waals surface area contributed by atoms with E-state index in [1.165, 1.54) is 16.7 Å². The molecule has 0 radical (unpaired) electrons. The minimum atomic E-state index is -0.986. The van der Waals surface area contributed by atoms with Crippen LogP contribution in [0.3, 0.4) is 0 Å². The van der Waals surface area contributed by atoms with Gasteiger partial charge in [0.2, 0.25) is 5.91 Å². The van der Waals surface area contributed by atoms with Gasteiger partial charge in [-0.3, -0.25) is 14.4 Å². The van der Waals surface area contributed by atoms with E-state index in [1.54, 1.807) is 17.9 Å². The molecule has 3 aliphatic heterocycles. The van der Waals surface area contributed by atoms with Crippen LogP contribution in [0, 0.1) is 11.8 Å². The predicted octanol–water partition coefficient (Wildman–Crippen LogP) is 2.92. The second kappa shape index (κ2) is 8.43. The third kappa shape index (κ3) is 3.19. The molecule has 2 aromatic rings. The standard InChI is InChI=1S/C26H28N2O5S/c1-3-12-27(18-9-8-16-6-4-5-7-17(16)13-18)24(31)22-26-11-10-19(34-26)20(25(32)33)21(26)23(30)28(22)15(2)14-29/h3-9,13,15,19-22,29H,1,10-12,14H2,2H3,(H,32,33)/t15-,19+,20-,21+,22?,26?/m1/s1. The van der Waals surface area contributed by atoms with Crippen LogP contribution in [0.2, 0.25) is 0 Å². The molecule has 3 saturated heterocycles. The van der Waals surface area contributed by atoms with Gasteiger partial charge in [-0.25, -0.2) is 0 Å².